The molecule has 0 aliphatic rings. The first-order valence-electron chi connectivity index (χ1n) is 6.54. The van der Waals surface area contributed by atoms with E-state index in [0.29, 0.717) is 5.76 Å². The van der Waals surface area contributed by atoms with E-state index in [1.165, 1.54) is 18.2 Å². The first-order valence-corrected chi connectivity index (χ1v) is 6.54. The van der Waals surface area contributed by atoms with Gasteiger partial charge in [0.05, 0.1) is 18.7 Å². The molecule has 0 aliphatic heterocycles. The van der Waals surface area contributed by atoms with E-state index in [2.05, 4.69) is 5.16 Å². The Hall–Kier alpha value is -2.96. The number of oxime groups is 1. The molecule has 0 saturated carbocycles. The van der Waals surface area contributed by atoms with E-state index < -0.39 is 5.97 Å². The van der Waals surface area contributed by atoms with Gasteiger partial charge in [0.15, 0.2) is 0 Å². The summed E-state index contributed by atoms with van der Waals surface area (Å²) in [6, 6.07) is 6.90. The fourth-order valence-corrected chi connectivity index (χ4v) is 1.90. The molecule has 0 unspecified atom stereocenters. The Morgan fingerprint density at radius 2 is 2.05 bits per heavy atom. The van der Waals surface area contributed by atoms with Crippen LogP contribution >= 0.6 is 0 Å². The Balaban J connectivity index is 2.19. The number of furan rings is 1. The standard InChI is InChI=1S/C15H15NO6/c1-2-21-15(19)14-6-4-10(22-14)8-12(16-20)11-5-3-9(17)7-13(11)18/h3-7,17-18,20H,2,8H2,1H3/b16-12+. The number of phenolic OH excluding ortho intramolecular Hbond substituents is 2. The summed E-state index contributed by atoms with van der Waals surface area (Å²) in [7, 11) is 0. The van der Waals surface area contributed by atoms with Gasteiger partial charge in [-0.25, -0.2) is 4.79 Å². The van der Waals surface area contributed by atoms with E-state index >= 15 is 0 Å². The number of ether oxygens (including phenoxy) is 1. The van der Waals surface area contributed by atoms with E-state index in [1.807, 2.05) is 0 Å². The lowest BCUT2D eigenvalue weighted by molar-refractivity contribution is 0.0488. The van der Waals surface area contributed by atoms with Gasteiger partial charge in [0.1, 0.15) is 17.3 Å². The third-order valence-corrected chi connectivity index (χ3v) is 2.89. The maximum Gasteiger partial charge on any atom is 0.374 e. The number of hydrogen-bond donors (Lipinski definition) is 3. The maximum absolute atomic E-state index is 11.5. The Labute approximate surface area is 126 Å². The summed E-state index contributed by atoms with van der Waals surface area (Å²) < 4.78 is 10.1. The third-order valence-electron chi connectivity index (χ3n) is 2.89. The number of hydrogen-bond acceptors (Lipinski definition) is 7. The maximum atomic E-state index is 11.5. The van der Waals surface area contributed by atoms with Crippen LogP contribution in [0, 0.1) is 0 Å². The molecule has 0 bridgehead atoms. The lowest BCUT2D eigenvalue weighted by atomic mass is 10.0. The molecule has 0 spiro atoms. The van der Waals surface area contributed by atoms with Gasteiger partial charge in [-0.2, -0.15) is 0 Å². The van der Waals surface area contributed by atoms with E-state index in [4.69, 9.17) is 14.4 Å². The van der Waals surface area contributed by atoms with Gasteiger partial charge in [-0.15, -0.1) is 0 Å². The van der Waals surface area contributed by atoms with E-state index in [0.717, 1.165) is 6.07 Å². The molecule has 0 saturated heterocycles. The molecule has 0 radical (unpaired) electrons. The van der Waals surface area contributed by atoms with Crippen molar-refractivity contribution in [3.8, 4) is 11.5 Å². The molecule has 2 rings (SSSR count). The second-order valence-electron chi connectivity index (χ2n) is 4.41. The number of benzene rings is 1. The summed E-state index contributed by atoms with van der Waals surface area (Å²) in [5.74, 6) is -0.512. The number of phenols is 2. The van der Waals surface area contributed by atoms with Gasteiger partial charge in [-0.1, -0.05) is 5.16 Å². The Morgan fingerprint density at radius 3 is 2.68 bits per heavy atom. The number of aromatic hydroxyl groups is 2. The summed E-state index contributed by atoms with van der Waals surface area (Å²) in [5, 5.41) is 31.3. The minimum absolute atomic E-state index is 0.0454. The zero-order chi connectivity index (χ0) is 16.1. The number of rotatable bonds is 5. The average Bonchev–Trinajstić information content (AvgIpc) is 2.94. The molecule has 0 amide bonds. The molecule has 22 heavy (non-hydrogen) atoms. The second kappa shape index (κ2) is 6.66. The smallest absolute Gasteiger partial charge is 0.374 e. The number of carbonyl (C=O) groups excluding carboxylic acids is 1. The molecule has 116 valence electrons. The molecule has 1 aromatic heterocycles. The van der Waals surface area contributed by atoms with Crippen molar-refractivity contribution in [2.24, 2.45) is 5.16 Å². The van der Waals surface area contributed by atoms with Crippen molar-refractivity contribution >= 4 is 11.7 Å². The molecule has 7 heteroatoms. The minimum atomic E-state index is -0.580. The van der Waals surface area contributed by atoms with E-state index in [1.54, 1.807) is 13.0 Å². The molecule has 0 atom stereocenters. The molecule has 0 aliphatic carbocycles. The van der Waals surface area contributed by atoms with Crippen LogP contribution in [0.5, 0.6) is 11.5 Å². The number of esters is 1. The van der Waals surface area contributed by atoms with Crippen LogP contribution in [0.1, 0.15) is 28.8 Å². The highest BCUT2D eigenvalue weighted by Gasteiger charge is 2.16. The Bertz CT molecular complexity index is 704. The van der Waals surface area contributed by atoms with Crippen LogP contribution in [0.2, 0.25) is 0 Å². The highest BCUT2D eigenvalue weighted by Crippen LogP contribution is 2.24. The third kappa shape index (κ3) is 3.38. The minimum Gasteiger partial charge on any atom is -0.508 e. The predicted octanol–water partition coefficient (Wildman–Crippen LogP) is 2.29. The van der Waals surface area contributed by atoms with Gasteiger partial charge in [0, 0.05) is 11.6 Å². The zero-order valence-corrected chi connectivity index (χ0v) is 11.8. The van der Waals surface area contributed by atoms with Crippen LogP contribution < -0.4 is 0 Å². The van der Waals surface area contributed by atoms with Crippen molar-refractivity contribution in [2.75, 3.05) is 6.61 Å². The monoisotopic (exact) mass is 305 g/mol. The SMILES string of the molecule is CCOC(=O)c1ccc(C/C(=N\O)c2ccc(O)cc2O)o1. The van der Waals surface area contributed by atoms with Crippen molar-refractivity contribution in [2.45, 2.75) is 13.3 Å². The summed E-state index contributed by atoms with van der Waals surface area (Å²) in [6.45, 7) is 1.92. The summed E-state index contributed by atoms with van der Waals surface area (Å²) in [4.78, 5) is 11.5. The van der Waals surface area contributed by atoms with Crippen molar-refractivity contribution in [1.82, 2.24) is 0 Å². The van der Waals surface area contributed by atoms with Gasteiger partial charge in [-0.3, -0.25) is 0 Å². The van der Waals surface area contributed by atoms with Gasteiger partial charge in [-0.05, 0) is 31.2 Å². The molecule has 2 aromatic rings. The van der Waals surface area contributed by atoms with Gasteiger partial charge in [0.2, 0.25) is 5.76 Å². The van der Waals surface area contributed by atoms with E-state index in [9.17, 15) is 15.0 Å². The quantitative estimate of drug-likeness (QED) is 0.338. The first-order chi connectivity index (χ1) is 10.5. The number of nitrogens with zero attached hydrogens (tertiary/aromatic N) is 1. The van der Waals surface area contributed by atoms with Crippen molar-refractivity contribution in [1.29, 1.82) is 0 Å². The lowest BCUT2D eigenvalue weighted by Gasteiger charge is -2.06. The topological polar surface area (TPSA) is 112 Å². The highest BCUT2D eigenvalue weighted by atomic mass is 16.5. The first kappa shape index (κ1) is 15.4. The van der Waals surface area contributed by atoms with E-state index in [-0.39, 0.29) is 41.6 Å². The van der Waals surface area contributed by atoms with Gasteiger partial charge >= 0.3 is 5.97 Å². The Morgan fingerprint density at radius 1 is 1.27 bits per heavy atom. The molecule has 0 fully saturated rings. The van der Waals surface area contributed by atoms with Crippen molar-refractivity contribution in [3.05, 3.63) is 47.4 Å². The molecular weight excluding hydrogens is 290 g/mol. The molecule has 1 aromatic carbocycles. The fraction of sp³-hybridized carbons (Fsp3) is 0.200. The lowest BCUT2D eigenvalue weighted by Crippen LogP contribution is -2.06. The summed E-state index contributed by atoms with van der Waals surface area (Å²) in [5.41, 5.74) is 0.372. The van der Waals surface area contributed by atoms with Crippen LogP contribution in [-0.2, 0) is 11.2 Å². The Kier molecular flexibility index (Phi) is 4.67. The molecular formula is C15H15NO6. The van der Waals surface area contributed by atoms with Crippen molar-refractivity contribution in [3.63, 3.8) is 0 Å². The van der Waals surface area contributed by atoms with Crippen molar-refractivity contribution < 1.29 is 29.4 Å². The highest BCUT2D eigenvalue weighted by molar-refractivity contribution is 6.03. The van der Waals surface area contributed by atoms with Crippen LogP contribution in [0.4, 0.5) is 0 Å². The fourth-order valence-electron chi connectivity index (χ4n) is 1.90. The molecule has 3 N–H and O–H groups in total. The van der Waals surface area contributed by atoms with Crippen LogP contribution in [0.3, 0.4) is 0 Å². The number of carbonyl (C=O) groups is 1. The zero-order valence-electron chi connectivity index (χ0n) is 11.8. The van der Waals surface area contributed by atoms with Gasteiger partial charge < -0.3 is 24.6 Å². The van der Waals surface area contributed by atoms with Gasteiger partial charge in [0.25, 0.3) is 0 Å². The van der Waals surface area contributed by atoms with Crippen LogP contribution in [-0.4, -0.2) is 33.7 Å². The molecule has 1 heterocycles. The molecule has 7 nitrogen and oxygen atoms in total. The van der Waals surface area contributed by atoms with Crippen LogP contribution in [0.15, 0.2) is 39.9 Å². The van der Waals surface area contributed by atoms with Crippen LogP contribution in [0.25, 0.3) is 0 Å². The second-order valence-corrected chi connectivity index (χ2v) is 4.41. The largest absolute Gasteiger partial charge is 0.508 e. The summed E-state index contributed by atoms with van der Waals surface area (Å²) in [6.07, 6.45) is 0.0498. The summed E-state index contributed by atoms with van der Waals surface area (Å²) >= 11 is 0. The predicted molar refractivity (Wildman–Crippen MR) is 76.5 cm³/mol. The normalized spacial score (nSPS) is 11.4. The average molecular weight is 305 g/mol.